The second-order valence-electron chi connectivity index (χ2n) is 5.59. The largest absolute Gasteiger partial charge is 0.366 e. The highest BCUT2D eigenvalue weighted by molar-refractivity contribution is 9.10. The summed E-state index contributed by atoms with van der Waals surface area (Å²) in [7, 11) is 2.20. The first-order valence-electron chi connectivity index (χ1n) is 6.96. The lowest BCUT2D eigenvalue weighted by molar-refractivity contribution is 0.256. The summed E-state index contributed by atoms with van der Waals surface area (Å²) < 4.78 is 1.14. The van der Waals surface area contributed by atoms with Crippen molar-refractivity contribution in [2.45, 2.75) is 32.4 Å². The van der Waals surface area contributed by atoms with E-state index in [1.165, 1.54) is 17.7 Å². The van der Waals surface area contributed by atoms with Crippen molar-refractivity contribution in [1.82, 2.24) is 4.90 Å². The van der Waals surface area contributed by atoms with Gasteiger partial charge >= 0.3 is 0 Å². The van der Waals surface area contributed by atoms with Crippen molar-refractivity contribution in [1.29, 1.82) is 0 Å². The van der Waals surface area contributed by atoms with Crippen LogP contribution in [0.2, 0.25) is 0 Å². The number of hydrogen-bond donors (Lipinski definition) is 1. The molecule has 1 aromatic carbocycles. The molecular weight excluding hydrogens is 302 g/mol. The highest BCUT2D eigenvalue weighted by Crippen LogP contribution is 2.27. The summed E-state index contributed by atoms with van der Waals surface area (Å²) in [4.78, 5) is 4.91. The highest BCUT2D eigenvalue weighted by atomic mass is 79.9. The molecule has 0 saturated carbocycles. The van der Waals surface area contributed by atoms with Crippen LogP contribution in [0.3, 0.4) is 0 Å². The number of likely N-dealkylation sites (N-methyl/N-ethyl adjacent to an activating group) is 1. The van der Waals surface area contributed by atoms with Crippen molar-refractivity contribution < 1.29 is 0 Å². The van der Waals surface area contributed by atoms with Gasteiger partial charge in [0.2, 0.25) is 0 Å². The van der Waals surface area contributed by atoms with Crippen molar-refractivity contribution >= 4 is 21.6 Å². The normalized spacial score (nSPS) is 25.4. The molecular formula is C15H24BrN3. The van der Waals surface area contributed by atoms with Crippen molar-refractivity contribution in [2.24, 2.45) is 5.73 Å². The van der Waals surface area contributed by atoms with Gasteiger partial charge in [-0.15, -0.1) is 0 Å². The third-order valence-electron chi connectivity index (χ3n) is 4.22. The van der Waals surface area contributed by atoms with Gasteiger partial charge in [-0.05, 0) is 51.1 Å². The summed E-state index contributed by atoms with van der Waals surface area (Å²) in [6, 6.07) is 7.53. The fraction of sp³-hybridized carbons (Fsp3) is 0.600. The minimum atomic E-state index is 0.398. The van der Waals surface area contributed by atoms with Crippen LogP contribution in [0.4, 0.5) is 5.69 Å². The number of hydrogen-bond acceptors (Lipinski definition) is 3. The van der Waals surface area contributed by atoms with Gasteiger partial charge in [0.25, 0.3) is 0 Å². The van der Waals surface area contributed by atoms with Crippen molar-refractivity contribution in [2.75, 3.05) is 31.6 Å². The Kier molecular flexibility index (Phi) is 4.87. The van der Waals surface area contributed by atoms with Crippen LogP contribution in [-0.2, 0) is 0 Å². The van der Waals surface area contributed by atoms with Gasteiger partial charge in [0.15, 0.2) is 0 Å². The third kappa shape index (κ3) is 3.30. The smallest absolute Gasteiger partial charge is 0.0539 e. The lowest BCUT2D eigenvalue weighted by atomic mass is 10.1. The van der Waals surface area contributed by atoms with Gasteiger partial charge in [-0.3, -0.25) is 0 Å². The minimum absolute atomic E-state index is 0.398. The SMILES string of the molecule is Cc1cc(Br)ccc1N1CCC(C)N(C)CC1CN. The number of rotatable bonds is 2. The average molecular weight is 326 g/mol. The predicted octanol–water partition coefficient (Wildman–Crippen LogP) is 2.62. The quantitative estimate of drug-likeness (QED) is 0.907. The molecule has 1 fully saturated rings. The first-order valence-corrected chi connectivity index (χ1v) is 7.75. The number of nitrogens with two attached hydrogens (primary N) is 1. The Morgan fingerprint density at radius 2 is 2.16 bits per heavy atom. The van der Waals surface area contributed by atoms with E-state index >= 15 is 0 Å². The van der Waals surface area contributed by atoms with Crippen molar-refractivity contribution in [3.63, 3.8) is 0 Å². The van der Waals surface area contributed by atoms with E-state index in [2.05, 4.69) is 64.8 Å². The van der Waals surface area contributed by atoms with Crippen LogP contribution >= 0.6 is 15.9 Å². The molecule has 19 heavy (non-hydrogen) atoms. The lowest BCUT2D eigenvalue weighted by Gasteiger charge is -2.33. The number of halogens is 1. The molecule has 0 radical (unpaired) electrons. The van der Waals surface area contributed by atoms with E-state index in [0.717, 1.165) is 17.6 Å². The monoisotopic (exact) mass is 325 g/mol. The second-order valence-corrected chi connectivity index (χ2v) is 6.51. The zero-order valence-electron chi connectivity index (χ0n) is 12.1. The first-order chi connectivity index (χ1) is 9.02. The molecule has 2 atom stereocenters. The fourth-order valence-electron chi connectivity index (χ4n) is 2.80. The molecule has 0 aliphatic carbocycles. The van der Waals surface area contributed by atoms with Gasteiger partial charge in [0.1, 0.15) is 0 Å². The van der Waals surface area contributed by atoms with Crippen LogP contribution in [0.15, 0.2) is 22.7 Å². The van der Waals surface area contributed by atoms with Crippen molar-refractivity contribution in [3.8, 4) is 0 Å². The molecule has 1 aromatic rings. The standard InChI is InChI=1S/C15H24BrN3/c1-11-8-13(16)4-5-15(11)19-7-6-12(2)18(3)10-14(19)9-17/h4-5,8,12,14H,6-7,9-10,17H2,1-3H3. The summed E-state index contributed by atoms with van der Waals surface area (Å²) >= 11 is 3.54. The molecule has 2 unspecified atom stereocenters. The lowest BCUT2D eigenvalue weighted by Crippen LogP contribution is -2.46. The molecule has 0 amide bonds. The van der Waals surface area contributed by atoms with Gasteiger partial charge in [0, 0.05) is 35.8 Å². The molecule has 4 heteroatoms. The number of anilines is 1. The maximum atomic E-state index is 6.01. The number of nitrogens with zero attached hydrogens (tertiary/aromatic N) is 2. The van der Waals surface area contributed by atoms with Crippen LogP contribution in [0.25, 0.3) is 0 Å². The molecule has 1 aliphatic rings. The molecule has 0 spiro atoms. The maximum Gasteiger partial charge on any atom is 0.0539 e. The summed E-state index contributed by atoms with van der Waals surface area (Å²) in [5, 5.41) is 0. The minimum Gasteiger partial charge on any atom is -0.366 e. The summed E-state index contributed by atoms with van der Waals surface area (Å²) in [6.07, 6.45) is 1.18. The average Bonchev–Trinajstić information content (AvgIpc) is 2.51. The maximum absolute atomic E-state index is 6.01. The zero-order valence-corrected chi connectivity index (χ0v) is 13.7. The number of aryl methyl sites for hydroxylation is 1. The molecule has 2 rings (SSSR count). The van der Waals surface area contributed by atoms with Crippen molar-refractivity contribution in [3.05, 3.63) is 28.2 Å². The van der Waals surface area contributed by atoms with E-state index in [0.29, 0.717) is 18.6 Å². The van der Waals surface area contributed by atoms with E-state index in [1.54, 1.807) is 0 Å². The van der Waals surface area contributed by atoms with Gasteiger partial charge < -0.3 is 15.5 Å². The van der Waals surface area contributed by atoms with Crippen LogP contribution in [-0.4, -0.2) is 43.7 Å². The Labute approximate surface area is 124 Å². The Bertz CT molecular complexity index is 435. The summed E-state index contributed by atoms with van der Waals surface area (Å²) in [6.45, 7) is 7.28. The second kappa shape index (κ2) is 6.25. The van der Waals surface area contributed by atoms with Crippen LogP contribution in [0.1, 0.15) is 18.9 Å². The van der Waals surface area contributed by atoms with Crippen LogP contribution in [0.5, 0.6) is 0 Å². The molecule has 3 nitrogen and oxygen atoms in total. The van der Waals surface area contributed by atoms with Gasteiger partial charge in [-0.1, -0.05) is 15.9 Å². The van der Waals surface area contributed by atoms with E-state index < -0.39 is 0 Å². The highest BCUT2D eigenvalue weighted by Gasteiger charge is 2.26. The molecule has 106 valence electrons. The Morgan fingerprint density at radius 3 is 2.79 bits per heavy atom. The molecule has 1 heterocycles. The van der Waals surface area contributed by atoms with Crippen LogP contribution < -0.4 is 10.6 Å². The number of benzene rings is 1. The predicted molar refractivity (Wildman–Crippen MR) is 85.8 cm³/mol. The van der Waals surface area contributed by atoms with E-state index in [4.69, 9.17) is 5.73 Å². The van der Waals surface area contributed by atoms with E-state index in [1.807, 2.05) is 0 Å². The van der Waals surface area contributed by atoms with Crippen LogP contribution in [0, 0.1) is 6.92 Å². The van der Waals surface area contributed by atoms with Gasteiger partial charge in [-0.25, -0.2) is 0 Å². The topological polar surface area (TPSA) is 32.5 Å². The van der Waals surface area contributed by atoms with Gasteiger partial charge in [0.05, 0.1) is 6.04 Å². The third-order valence-corrected chi connectivity index (χ3v) is 4.71. The Balaban J connectivity index is 2.30. The summed E-state index contributed by atoms with van der Waals surface area (Å²) in [5.41, 5.74) is 8.64. The molecule has 1 saturated heterocycles. The molecule has 0 bridgehead atoms. The first kappa shape index (κ1) is 14.8. The van der Waals surface area contributed by atoms with Gasteiger partial charge in [-0.2, -0.15) is 0 Å². The van der Waals surface area contributed by atoms with E-state index in [9.17, 15) is 0 Å². The molecule has 1 aliphatic heterocycles. The Hall–Kier alpha value is -0.580. The Morgan fingerprint density at radius 1 is 1.42 bits per heavy atom. The summed E-state index contributed by atoms with van der Waals surface area (Å²) in [5.74, 6) is 0. The molecule has 2 N–H and O–H groups in total. The zero-order chi connectivity index (χ0) is 14.0. The molecule has 0 aromatic heterocycles. The fourth-order valence-corrected chi connectivity index (χ4v) is 3.28. The van der Waals surface area contributed by atoms with E-state index in [-0.39, 0.29) is 0 Å².